The zero-order valence-corrected chi connectivity index (χ0v) is 11.1. The lowest BCUT2D eigenvalue weighted by Crippen LogP contribution is -2.44. The predicted octanol–water partition coefficient (Wildman–Crippen LogP) is 0.852. The number of amides is 1. The van der Waals surface area contributed by atoms with Crippen LogP contribution in [-0.4, -0.2) is 60.6 Å². The van der Waals surface area contributed by atoms with Gasteiger partial charge in [0.15, 0.2) is 0 Å². The van der Waals surface area contributed by atoms with Crippen molar-refractivity contribution in [3.63, 3.8) is 0 Å². The van der Waals surface area contributed by atoms with Gasteiger partial charge in [0, 0.05) is 26.2 Å². The zero-order chi connectivity index (χ0) is 13.1. The largest absolute Gasteiger partial charge is 0.401 e. The van der Waals surface area contributed by atoms with Gasteiger partial charge in [-0.05, 0) is 13.3 Å². The molecule has 1 saturated heterocycles. The maximum atomic E-state index is 12.2. The van der Waals surface area contributed by atoms with Crippen LogP contribution in [0.3, 0.4) is 0 Å². The van der Waals surface area contributed by atoms with E-state index in [2.05, 4.69) is 0 Å². The monoisotopic (exact) mass is 289 g/mol. The Bertz CT molecular complexity index is 274. The molecule has 1 aliphatic rings. The van der Waals surface area contributed by atoms with Crippen LogP contribution in [0.15, 0.2) is 0 Å². The van der Waals surface area contributed by atoms with E-state index in [1.807, 2.05) is 0 Å². The van der Waals surface area contributed by atoms with Gasteiger partial charge in [0.25, 0.3) is 0 Å². The van der Waals surface area contributed by atoms with Crippen LogP contribution < -0.4 is 5.73 Å². The van der Waals surface area contributed by atoms with E-state index in [0.717, 1.165) is 0 Å². The molecule has 1 amide bonds. The highest BCUT2D eigenvalue weighted by atomic mass is 35.5. The molecule has 0 saturated carbocycles. The van der Waals surface area contributed by atoms with Gasteiger partial charge in [-0.25, -0.2) is 0 Å². The van der Waals surface area contributed by atoms with Crippen molar-refractivity contribution >= 4 is 18.3 Å². The number of hydrogen-bond donors (Lipinski definition) is 1. The highest BCUT2D eigenvalue weighted by Crippen LogP contribution is 2.17. The van der Waals surface area contributed by atoms with Crippen LogP contribution in [0.4, 0.5) is 13.2 Å². The Kier molecular flexibility index (Phi) is 6.94. The van der Waals surface area contributed by atoms with Crippen molar-refractivity contribution in [1.29, 1.82) is 0 Å². The molecule has 18 heavy (non-hydrogen) atoms. The lowest BCUT2D eigenvalue weighted by Gasteiger charge is -2.23. The number of rotatable bonds is 2. The Morgan fingerprint density at radius 3 is 2.39 bits per heavy atom. The van der Waals surface area contributed by atoms with Crippen molar-refractivity contribution < 1.29 is 18.0 Å². The highest BCUT2D eigenvalue weighted by molar-refractivity contribution is 5.85. The molecule has 0 radical (unpaired) electrons. The summed E-state index contributed by atoms with van der Waals surface area (Å²) in [5.41, 5.74) is 5.47. The Labute approximate surface area is 111 Å². The first-order chi connectivity index (χ1) is 7.79. The fourth-order valence-corrected chi connectivity index (χ4v) is 1.89. The molecule has 0 spiro atoms. The molecule has 1 heterocycles. The van der Waals surface area contributed by atoms with Gasteiger partial charge in [0.05, 0.1) is 12.6 Å². The van der Waals surface area contributed by atoms with Gasteiger partial charge in [0.2, 0.25) is 5.91 Å². The van der Waals surface area contributed by atoms with E-state index in [1.165, 1.54) is 4.90 Å². The first kappa shape index (κ1) is 17.5. The van der Waals surface area contributed by atoms with E-state index in [-0.39, 0.29) is 24.9 Å². The highest BCUT2D eigenvalue weighted by Gasteiger charge is 2.32. The first-order valence-corrected chi connectivity index (χ1v) is 5.63. The molecule has 0 bridgehead atoms. The molecule has 8 heteroatoms. The minimum Gasteiger partial charge on any atom is -0.340 e. The predicted molar refractivity (Wildman–Crippen MR) is 64.6 cm³/mol. The third-order valence-electron chi connectivity index (χ3n) is 2.69. The summed E-state index contributed by atoms with van der Waals surface area (Å²) in [7, 11) is 0. The van der Waals surface area contributed by atoms with Gasteiger partial charge in [-0.15, -0.1) is 12.4 Å². The minimum atomic E-state index is -4.18. The second kappa shape index (κ2) is 7.16. The van der Waals surface area contributed by atoms with Crippen LogP contribution in [0.5, 0.6) is 0 Å². The number of nitrogens with two attached hydrogens (primary N) is 1. The lowest BCUT2D eigenvalue weighted by molar-refractivity contribution is -0.145. The molecule has 0 aromatic rings. The van der Waals surface area contributed by atoms with Crippen LogP contribution in [0, 0.1) is 0 Å². The van der Waals surface area contributed by atoms with Gasteiger partial charge in [-0.1, -0.05) is 0 Å². The number of halogens is 4. The van der Waals surface area contributed by atoms with Gasteiger partial charge in [-0.2, -0.15) is 13.2 Å². The van der Waals surface area contributed by atoms with Crippen molar-refractivity contribution in [1.82, 2.24) is 9.80 Å². The molecule has 4 nitrogen and oxygen atoms in total. The number of nitrogens with zero attached hydrogens (tertiary/aromatic N) is 2. The van der Waals surface area contributed by atoms with Crippen molar-refractivity contribution in [3.05, 3.63) is 0 Å². The summed E-state index contributed by atoms with van der Waals surface area (Å²) in [5, 5.41) is 0. The average Bonchev–Trinajstić information content (AvgIpc) is 2.39. The molecule has 1 aliphatic heterocycles. The Hall–Kier alpha value is -0.530. The second-order valence-corrected chi connectivity index (χ2v) is 4.36. The zero-order valence-electron chi connectivity index (χ0n) is 10.2. The van der Waals surface area contributed by atoms with E-state index in [9.17, 15) is 18.0 Å². The van der Waals surface area contributed by atoms with Crippen molar-refractivity contribution in [2.24, 2.45) is 5.73 Å². The topological polar surface area (TPSA) is 49.6 Å². The van der Waals surface area contributed by atoms with Crippen LogP contribution in [-0.2, 0) is 4.79 Å². The molecule has 2 N–H and O–H groups in total. The van der Waals surface area contributed by atoms with E-state index in [1.54, 1.807) is 11.8 Å². The van der Waals surface area contributed by atoms with Gasteiger partial charge in [0.1, 0.15) is 0 Å². The number of carbonyl (C=O) groups is 1. The Morgan fingerprint density at radius 1 is 1.28 bits per heavy atom. The quantitative estimate of drug-likeness (QED) is 0.820. The molecular weight excluding hydrogens is 271 g/mol. The van der Waals surface area contributed by atoms with E-state index in [0.29, 0.717) is 26.1 Å². The van der Waals surface area contributed by atoms with E-state index in [4.69, 9.17) is 5.73 Å². The number of hydrogen-bond acceptors (Lipinski definition) is 3. The van der Waals surface area contributed by atoms with E-state index < -0.39 is 18.8 Å². The summed E-state index contributed by atoms with van der Waals surface area (Å²) in [6.45, 7) is 2.08. The molecule has 0 aromatic carbocycles. The van der Waals surface area contributed by atoms with Crippen LogP contribution >= 0.6 is 12.4 Å². The summed E-state index contributed by atoms with van der Waals surface area (Å²) in [6, 6.07) is -0.593. The van der Waals surface area contributed by atoms with Crippen molar-refractivity contribution in [2.75, 3.05) is 32.7 Å². The molecule has 108 valence electrons. The van der Waals surface area contributed by atoms with Gasteiger partial charge in [-0.3, -0.25) is 9.69 Å². The SMILES string of the molecule is CC(N)C(=O)N1CCCN(CC(F)(F)F)CC1.Cl. The molecule has 1 unspecified atom stereocenters. The summed E-state index contributed by atoms with van der Waals surface area (Å²) < 4.78 is 36.6. The van der Waals surface area contributed by atoms with Crippen molar-refractivity contribution in [2.45, 2.75) is 25.6 Å². The van der Waals surface area contributed by atoms with Crippen LogP contribution in [0.2, 0.25) is 0 Å². The first-order valence-electron chi connectivity index (χ1n) is 5.63. The Morgan fingerprint density at radius 2 is 1.89 bits per heavy atom. The Balaban J connectivity index is 0.00000289. The third-order valence-corrected chi connectivity index (χ3v) is 2.69. The maximum Gasteiger partial charge on any atom is 0.401 e. The summed E-state index contributed by atoms with van der Waals surface area (Å²) in [5.74, 6) is -0.196. The lowest BCUT2D eigenvalue weighted by atomic mass is 10.3. The molecular formula is C10H19ClF3N3O. The fourth-order valence-electron chi connectivity index (χ4n) is 1.89. The third kappa shape index (κ3) is 5.88. The van der Waals surface area contributed by atoms with Gasteiger partial charge < -0.3 is 10.6 Å². The minimum absolute atomic E-state index is 0. The molecule has 1 fully saturated rings. The summed E-state index contributed by atoms with van der Waals surface area (Å²) in [4.78, 5) is 14.5. The van der Waals surface area contributed by atoms with E-state index >= 15 is 0 Å². The molecule has 0 aliphatic carbocycles. The number of alkyl halides is 3. The normalized spacial score (nSPS) is 19.9. The molecule has 1 rings (SSSR count). The van der Waals surface area contributed by atoms with Crippen LogP contribution in [0.25, 0.3) is 0 Å². The summed E-state index contributed by atoms with van der Waals surface area (Å²) in [6.07, 6.45) is -3.63. The van der Waals surface area contributed by atoms with Crippen molar-refractivity contribution in [3.8, 4) is 0 Å². The maximum absolute atomic E-state index is 12.2. The van der Waals surface area contributed by atoms with Crippen LogP contribution in [0.1, 0.15) is 13.3 Å². The second-order valence-electron chi connectivity index (χ2n) is 4.36. The number of carbonyl (C=O) groups excluding carboxylic acids is 1. The average molecular weight is 290 g/mol. The smallest absolute Gasteiger partial charge is 0.340 e. The fraction of sp³-hybridized carbons (Fsp3) is 0.900. The standard InChI is InChI=1S/C10H18F3N3O.ClH/c1-8(14)9(17)16-4-2-3-15(5-6-16)7-10(11,12)13;/h8H,2-7,14H2,1H3;1H. The molecule has 0 aromatic heterocycles. The molecule has 1 atom stereocenters. The summed E-state index contributed by atoms with van der Waals surface area (Å²) >= 11 is 0. The van der Waals surface area contributed by atoms with Gasteiger partial charge >= 0.3 is 6.18 Å².